The summed E-state index contributed by atoms with van der Waals surface area (Å²) in [5, 5.41) is 0. The van der Waals surface area contributed by atoms with Gasteiger partial charge in [-0.3, -0.25) is 8.98 Å². The Labute approximate surface area is 133 Å². The Kier molecular flexibility index (Phi) is 5.95. The average Bonchev–Trinajstić information content (AvgIpc) is 2.32. The Hall–Kier alpha value is -0.750. The van der Waals surface area contributed by atoms with Gasteiger partial charge in [-0.25, -0.2) is 0 Å². The minimum Gasteiger partial charge on any atom is -0.303 e. The lowest BCUT2D eigenvalue weighted by molar-refractivity contribution is -0.136. The second-order valence-electron chi connectivity index (χ2n) is 7.45. The highest BCUT2D eigenvalue weighted by atomic mass is 32.2. The van der Waals surface area contributed by atoms with E-state index in [-0.39, 0.29) is 23.7 Å². The van der Waals surface area contributed by atoms with Gasteiger partial charge in [-0.15, -0.1) is 0 Å². The number of hydrogen-bond acceptors (Lipinski definition) is 5. The van der Waals surface area contributed by atoms with Crippen LogP contribution in [0.5, 0.6) is 0 Å². The molecule has 0 aromatic carbocycles. The van der Waals surface area contributed by atoms with Crippen molar-refractivity contribution < 1.29 is 22.2 Å². The molecule has 0 aromatic heterocycles. The molecule has 0 radical (unpaired) electrons. The predicted molar refractivity (Wildman–Crippen MR) is 84.9 cm³/mol. The first kappa shape index (κ1) is 19.3. The van der Waals surface area contributed by atoms with E-state index in [1.54, 1.807) is 0 Å². The van der Waals surface area contributed by atoms with E-state index < -0.39 is 21.5 Å². The molecule has 0 saturated heterocycles. The molecule has 128 valence electrons. The third-order valence-electron chi connectivity index (χ3n) is 5.34. The number of ketones is 1. The van der Waals surface area contributed by atoms with Crippen LogP contribution in [0.1, 0.15) is 53.4 Å². The lowest BCUT2D eigenvalue weighted by Crippen LogP contribution is -2.50. The summed E-state index contributed by atoms with van der Waals surface area (Å²) in [6, 6.07) is 0. The van der Waals surface area contributed by atoms with Crippen LogP contribution in [-0.4, -0.2) is 33.3 Å². The largest absolute Gasteiger partial charge is 0.303 e. The Morgan fingerprint density at radius 2 is 1.91 bits per heavy atom. The number of carbonyl (C=O) groups is 2. The van der Waals surface area contributed by atoms with Crippen LogP contribution >= 0.6 is 0 Å². The molecule has 0 aromatic rings. The van der Waals surface area contributed by atoms with Crippen molar-refractivity contribution >= 4 is 22.2 Å². The van der Waals surface area contributed by atoms with Gasteiger partial charge in [0.1, 0.15) is 12.1 Å². The maximum absolute atomic E-state index is 12.2. The Balaban J connectivity index is 3.16. The first-order valence-corrected chi connectivity index (χ1v) is 9.54. The maximum atomic E-state index is 12.2. The van der Waals surface area contributed by atoms with E-state index in [4.69, 9.17) is 4.18 Å². The topological polar surface area (TPSA) is 77.5 Å². The standard InChI is InChI=1S/C16H28O5S/c1-12(18)13(11-21-22(5,19)20)16(4)9-6-8-15(2,3)14(16)7-10-17/h10,13-14H,6-9,11H2,1-5H3/t13-,14-,16+/m0/s1. The molecule has 6 heteroatoms. The zero-order valence-corrected chi connectivity index (χ0v) is 15.0. The van der Waals surface area contributed by atoms with Crippen LogP contribution in [-0.2, 0) is 23.9 Å². The Morgan fingerprint density at radius 3 is 2.36 bits per heavy atom. The summed E-state index contributed by atoms with van der Waals surface area (Å²) in [7, 11) is -3.60. The van der Waals surface area contributed by atoms with Gasteiger partial charge in [0.2, 0.25) is 0 Å². The van der Waals surface area contributed by atoms with E-state index in [1.807, 2.05) is 6.92 Å². The molecule has 0 unspecified atom stereocenters. The van der Waals surface area contributed by atoms with E-state index in [0.717, 1.165) is 31.8 Å². The molecular weight excluding hydrogens is 304 g/mol. The summed E-state index contributed by atoms with van der Waals surface area (Å²) in [6.45, 7) is 7.57. The molecule has 0 N–H and O–H groups in total. The third kappa shape index (κ3) is 4.38. The second-order valence-corrected chi connectivity index (χ2v) is 9.10. The van der Waals surface area contributed by atoms with Crippen LogP contribution in [0.4, 0.5) is 0 Å². The fourth-order valence-corrected chi connectivity index (χ4v) is 4.61. The molecule has 0 spiro atoms. The van der Waals surface area contributed by atoms with E-state index in [2.05, 4.69) is 13.8 Å². The van der Waals surface area contributed by atoms with Crippen molar-refractivity contribution in [1.82, 2.24) is 0 Å². The van der Waals surface area contributed by atoms with Crippen LogP contribution in [0.15, 0.2) is 0 Å². The zero-order chi connectivity index (χ0) is 17.2. The lowest BCUT2D eigenvalue weighted by atomic mass is 9.51. The molecule has 1 aliphatic carbocycles. The SMILES string of the molecule is CC(=O)[C@H](COS(C)(=O)=O)[C@@]1(C)CCCC(C)(C)[C@@H]1CC=O. The number of Topliss-reactive ketones (excluding diaryl/α,β-unsaturated/α-hetero) is 1. The molecule has 0 heterocycles. The van der Waals surface area contributed by atoms with Gasteiger partial charge in [0.05, 0.1) is 12.9 Å². The van der Waals surface area contributed by atoms with E-state index in [1.165, 1.54) is 6.92 Å². The van der Waals surface area contributed by atoms with Gasteiger partial charge in [-0.05, 0) is 36.5 Å². The van der Waals surface area contributed by atoms with Crippen molar-refractivity contribution in [3.8, 4) is 0 Å². The minimum atomic E-state index is -3.60. The number of aldehydes is 1. The van der Waals surface area contributed by atoms with Gasteiger partial charge >= 0.3 is 0 Å². The quantitative estimate of drug-likeness (QED) is 0.529. The van der Waals surface area contributed by atoms with Crippen LogP contribution in [0.3, 0.4) is 0 Å². The summed E-state index contributed by atoms with van der Waals surface area (Å²) in [6.07, 6.45) is 5.03. The molecule has 0 amide bonds. The minimum absolute atomic E-state index is 0.0308. The van der Waals surface area contributed by atoms with E-state index in [9.17, 15) is 18.0 Å². The average molecular weight is 332 g/mol. The molecule has 3 atom stereocenters. The van der Waals surface area contributed by atoms with Crippen LogP contribution in [0.25, 0.3) is 0 Å². The summed E-state index contributed by atoms with van der Waals surface area (Å²) in [5.74, 6) is -0.574. The molecule has 0 aliphatic heterocycles. The second kappa shape index (κ2) is 6.79. The monoisotopic (exact) mass is 332 g/mol. The number of carbonyl (C=O) groups excluding carboxylic acids is 2. The zero-order valence-electron chi connectivity index (χ0n) is 14.2. The highest BCUT2D eigenvalue weighted by molar-refractivity contribution is 7.85. The molecule has 0 bridgehead atoms. The van der Waals surface area contributed by atoms with Gasteiger partial charge in [0.15, 0.2) is 0 Å². The number of hydrogen-bond donors (Lipinski definition) is 0. The first-order valence-electron chi connectivity index (χ1n) is 7.72. The first-order chi connectivity index (χ1) is 9.94. The smallest absolute Gasteiger partial charge is 0.264 e. The predicted octanol–water partition coefficient (Wildman–Crippen LogP) is 2.59. The van der Waals surface area contributed by atoms with Crippen molar-refractivity contribution in [2.75, 3.05) is 12.9 Å². The number of rotatable bonds is 7. The van der Waals surface area contributed by atoms with Crippen molar-refractivity contribution in [3.63, 3.8) is 0 Å². The Bertz CT molecular complexity index is 523. The summed E-state index contributed by atoms with van der Waals surface area (Å²) >= 11 is 0. The van der Waals surface area contributed by atoms with Gasteiger partial charge in [-0.2, -0.15) is 8.42 Å². The highest BCUT2D eigenvalue weighted by Gasteiger charge is 2.51. The molecule has 1 rings (SSSR count). The summed E-state index contributed by atoms with van der Waals surface area (Å²) < 4.78 is 27.5. The fraction of sp³-hybridized carbons (Fsp3) is 0.875. The Morgan fingerprint density at radius 1 is 1.32 bits per heavy atom. The van der Waals surface area contributed by atoms with Gasteiger partial charge in [0, 0.05) is 12.3 Å². The van der Waals surface area contributed by atoms with Crippen LogP contribution in [0.2, 0.25) is 0 Å². The van der Waals surface area contributed by atoms with Crippen molar-refractivity contribution in [2.45, 2.75) is 53.4 Å². The van der Waals surface area contributed by atoms with Gasteiger partial charge in [0.25, 0.3) is 10.1 Å². The summed E-state index contributed by atoms with van der Waals surface area (Å²) in [5.41, 5.74) is -0.494. The van der Waals surface area contributed by atoms with Crippen molar-refractivity contribution in [3.05, 3.63) is 0 Å². The fourth-order valence-electron chi connectivity index (χ4n) is 4.23. The van der Waals surface area contributed by atoms with Crippen LogP contribution < -0.4 is 0 Å². The van der Waals surface area contributed by atoms with Crippen LogP contribution in [0, 0.1) is 22.7 Å². The van der Waals surface area contributed by atoms with Crippen molar-refractivity contribution in [1.29, 1.82) is 0 Å². The third-order valence-corrected chi connectivity index (χ3v) is 5.91. The summed E-state index contributed by atoms with van der Waals surface area (Å²) in [4.78, 5) is 23.3. The normalized spacial score (nSPS) is 29.8. The van der Waals surface area contributed by atoms with E-state index >= 15 is 0 Å². The molecular formula is C16H28O5S. The molecule has 5 nitrogen and oxygen atoms in total. The van der Waals surface area contributed by atoms with Gasteiger partial charge < -0.3 is 4.79 Å². The molecule has 22 heavy (non-hydrogen) atoms. The highest BCUT2D eigenvalue weighted by Crippen LogP contribution is 2.56. The molecule has 1 aliphatic rings. The molecule has 1 fully saturated rings. The van der Waals surface area contributed by atoms with E-state index in [0.29, 0.717) is 6.42 Å². The molecule has 1 saturated carbocycles. The van der Waals surface area contributed by atoms with Crippen molar-refractivity contribution in [2.24, 2.45) is 22.7 Å². The van der Waals surface area contributed by atoms with Gasteiger partial charge in [-0.1, -0.05) is 27.2 Å². The lowest BCUT2D eigenvalue weighted by Gasteiger charge is -2.53. The maximum Gasteiger partial charge on any atom is 0.264 e.